The fourth-order valence-electron chi connectivity index (χ4n) is 5.33. The maximum atomic E-state index is 6.53. The first kappa shape index (κ1) is 45.5. The van der Waals surface area contributed by atoms with E-state index < -0.39 is 5.97 Å². The first-order valence-electron chi connectivity index (χ1n) is 20.2. The van der Waals surface area contributed by atoms with Crippen LogP contribution in [0.2, 0.25) is 0 Å². The van der Waals surface area contributed by atoms with Gasteiger partial charge in [0.05, 0.1) is 19.8 Å². The molecule has 0 bridgehead atoms. The van der Waals surface area contributed by atoms with Gasteiger partial charge in [-0.15, -0.1) is 0 Å². The maximum Gasteiger partial charge on any atom is 0.304 e. The number of unbranched alkanes of at least 4 members (excludes halogenated alkanes) is 13. The van der Waals surface area contributed by atoms with Crippen LogP contribution in [0.25, 0.3) is 0 Å². The quantitative estimate of drug-likeness (QED) is 0.0299. The minimum absolute atomic E-state index is 0.670. The molecule has 0 spiro atoms. The molecule has 0 aromatic carbocycles. The average Bonchev–Trinajstić information content (AvgIpc) is 3.06. The van der Waals surface area contributed by atoms with Crippen LogP contribution in [0.5, 0.6) is 0 Å². The first-order valence-corrected chi connectivity index (χ1v) is 20.2. The van der Waals surface area contributed by atoms with Crippen LogP contribution in [-0.2, 0) is 14.2 Å². The molecule has 0 rings (SSSR count). The minimum atomic E-state index is -1.06. The lowest BCUT2D eigenvalue weighted by Crippen LogP contribution is -2.38. The van der Waals surface area contributed by atoms with E-state index in [1.165, 1.54) is 109 Å². The standard InChI is InChI=1S/C39H82N4O3/c1-5-28-40-32-20-12-10-9-11-19-27-39(44-36-24-16-13-21-33-41-29-6-2,45-37-25-17-14-22-34-42-30-7-3)46-38-26-18-15-23-35-43-31-8-4/h19,27,40-43H,5-18,20-26,28-38H2,1-4H3/b27-19+. The highest BCUT2D eigenvalue weighted by atomic mass is 16.9. The molecule has 0 aliphatic rings. The number of hydrogen-bond acceptors (Lipinski definition) is 7. The fourth-order valence-corrected chi connectivity index (χ4v) is 5.33. The Morgan fingerprint density at radius 2 is 0.674 bits per heavy atom. The molecule has 0 amide bonds. The Hall–Kier alpha value is -0.540. The van der Waals surface area contributed by atoms with Crippen molar-refractivity contribution in [2.24, 2.45) is 0 Å². The van der Waals surface area contributed by atoms with E-state index in [1.54, 1.807) is 0 Å². The summed E-state index contributed by atoms with van der Waals surface area (Å²) in [4.78, 5) is 0. The van der Waals surface area contributed by atoms with Gasteiger partial charge >= 0.3 is 5.97 Å². The highest BCUT2D eigenvalue weighted by Crippen LogP contribution is 2.22. The lowest BCUT2D eigenvalue weighted by atomic mass is 10.1. The van der Waals surface area contributed by atoms with E-state index in [1.807, 2.05) is 0 Å². The molecule has 0 fully saturated rings. The van der Waals surface area contributed by atoms with Crippen LogP contribution in [0.1, 0.15) is 163 Å². The number of rotatable bonds is 40. The topological polar surface area (TPSA) is 75.8 Å². The van der Waals surface area contributed by atoms with Crippen LogP contribution in [0.4, 0.5) is 0 Å². The van der Waals surface area contributed by atoms with Gasteiger partial charge in [0.15, 0.2) is 0 Å². The van der Waals surface area contributed by atoms with Crippen LogP contribution >= 0.6 is 0 Å². The molecular weight excluding hydrogens is 572 g/mol. The molecular formula is C39H82N4O3. The summed E-state index contributed by atoms with van der Waals surface area (Å²) in [6.07, 6.45) is 29.3. The third-order valence-electron chi connectivity index (χ3n) is 8.16. The van der Waals surface area contributed by atoms with Gasteiger partial charge in [0.2, 0.25) is 0 Å². The second-order valence-corrected chi connectivity index (χ2v) is 13.0. The summed E-state index contributed by atoms with van der Waals surface area (Å²) in [5.74, 6) is -1.06. The zero-order valence-electron chi connectivity index (χ0n) is 31.5. The molecule has 0 radical (unpaired) electrons. The van der Waals surface area contributed by atoms with Crippen LogP contribution in [0.3, 0.4) is 0 Å². The van der Waals surface area contributed by atoms with Crippen molar-refractivity contribution < 1.29 is 14.2 Å². The second-order valence-electron chi connectivity index (χ2n) is 13.0. The van der Waals surface area contributed by atoms with Crippen molar-refractivity contribution in [1.29, 1.82) is 0 Å². The molecule has 0 atom stereocenters. The molecule has 0 unspecified atom stereocenters. The molecule has 0 aliphatic heterocycles. The zero-order chi connectivity index (χ0) is 33.5. The highest BCUT2D eigenvalue weighted by molar-refractivity contribution is 4.91. The van der Waals surface area contributed by atoms with Gasteiger partial charge in [-0.1, -0.05) is 85.1 Å². The van der Waals surface area contributed by atoms with Crippen molar-refractivity contribution in [3.05, 3.63) is 12.2 Å². The van der Waals surface area contributed by atoms with Crippen LogP contribution in [0.15, 0.2) is 12.2 Å². The van der Waals surface area contributed by atoms with Gasteiger partial charge in [0, 0.05) is 6.08 Å². The summed E-state index contributed by atoms with van der Waals surface area (Å²) in [7, 11) is 0. The minimum Gasteiger partial charge on any atom is -0.324 e. The molecule has 7 nitrogen and oxygen atoms in total. The lowest BCUT2D eigenvalue weighted by Gasteiger charge is -2.31. The molecule has 4 N–H and O–H groups in total. The molecule has 0 aromatic rings. The Bertz CT molecular complexity index is 539. The van der Waals surface area contributed by atoms with Crippen molar-refractivity contribution in [1.82, 2.24) is 21.3 Å². The van der Waals surface area contributed by atoms with Crippen LogP contribution in [0, 0.1) is 0 Å². The zero-order valence-corrected chi connectivity index (χ0v) is 31.5. The average molecular weight is 655 g/mol. The lowest BCUT2D eigenvalue weighted by molar-refractivity contribution is -0.350. The van der Waals surface area contributed by atoms with E-state index in [0.29, 0.717) is 19.8 Å². The molecule has 0 aliphatic carbocycles. The van der Waals surface area contributed by atoms with E-state index in [0.717, 1.165) is 78.0 Å². The predicted octanol–water partition coefficient (Wildman–Crippen LogP) is 8.88. The van der Waals surface area contributed by atoms with E-state index in [2.05, 4.69) is 61.1 Å². The predicted molar refractivity (Wildman–Crippen MR) is 201 cm³/mol. The maximum absolute atomic E-state index is 6.53. The Kier molecular flexibility index (Phi) is 38.4. The molecule has 0 heterocycles. The summed E-state index contributed by atoms with van der Waals surface area (Å²) in [5.41, 5.74) is 0. The molecule has 0 aromatic heterocycles. The Morgan fingerprint density at radius 1 is 0.370 bits per heavy atom. The Labute approximate surface area is 287 Å². The monoisotopic (exact) mass is 655 g/mol. The molecule has 0 saturated heterocycles. The van der Waals surface area contributed by atoms with Gasteiger partial charge in [0.1, 0.15) is 0 Å². The third-order valence-corrected chi connectivity index (χ3v) is 8.16. The van der Waals surface area contributed by atoms with Gasteiger partial charge in [-0.05, 0) is 136 Å². The summed E-state index contributed by atoms with van der Waals surface area (Å²) >= 11 is 0. The van der Waals surface area contributed by atoms with Crippen molar-refractivity contribution in [2.75, 3.05) is 72.2 Å². The molecule has 46 heavy (non-hydrogen) atoms. The smallest absolute Gasteiger partial charge is 0.304 e. The normalized spacial score (nSPS) is 12.2. The van der Waals surface area contributed by atoms with Gasteiger partial charge in [-0.3, -0.25) is 0 Å². The Balaban J connectivity index is 4.95. The fraction of sp³-hybridized carbons (Fsp3) is 0.949. The van der Waals surface area contributed by atoms with E-state index in [-0.39, 0.29) is 0 Å². The second kappa shape index (κ2) is 38.9. The van der Waals surface area contributed by atoms with E-state index in [9.17, 15) is 0 Å². The molecule has 7 heteroatoms. The van der Waals surface area contributed by atoms with E-state index >= 15 is 0 Å². The third kappa shape index (κ3) is 33.4. The molecule has 276 valence electrons. The highest BCUT2D eigenvalue weighted by Gasteiger charge is 2.30. The van der Waals surface area contributed by atoms with Crippen LogP contribution in [-0.4, -0.2) is 78.2 Å². The van der Waals surface area contributed by atoms with E-state index in [4.69, 9.17) is 14.2 Å². The SMILES string of the molecule is CCCNCCCCCC/C=C/C(OCCCCCCNCCC)(OCCCCCCNCCC)OCCCCCCNCCC. The number of hydrogen-bond donors (Lipinski definition) is 4. The van der Waals surface area contributed by atoms with Crippen molar-refractivity contribution >= 4 is 0 Å². The Morgan fingerprint density at radius 3 is 1.00 bits per heavy atom. The van der Waals surface area contributed by atoms with Gasteiger partial charge < -0.3 is 35.5 Å². The largest absolute Gasteiger partial charge is 0.324 e. The summed E-state index contributed by atoms with van der Waals surface area (Å²) < 4.78 is 19.6. The number of nitrogens with one attached hydrogen (secondary N) is 4. The summed E-state index contributed by atoms with van der Waals surface area (Å²) in [5, 5.41) is 14.1. The van der Waals surface area contributed by atoms with Gasteiger partial charge in [-0.25, -0.2) is 0 Å². The van der Waals surface area contributed by atoms with Gasteiger partial charge in [-0.2, -0.15) is 0 Å². The van der Waals surface area contributed by atoms with Crippen molar-refractivity contribution in [3.8, 4) is 0 Å². The number of ether oxygens (including phenoxy) is 3. The summed E-state index contributed by atoms with van der Waals surface area (Å²) in [6.45, 7) is 19.9. The van der Waals surface area contributed by atoms with Gasteiger partial charge in [0.25, 0.3) is 0 Å². The number of allylic oxidation sites excluding steroid dienone is 1. The van der Waals surface area contributed by atoms with Crippen molar-refractivity contribution in [3.63, 3.8) is 0 Å². The summed E-state index contributed by atoms with van der Waals surface area (Å²) in [6, 6.07) is 0. The van der Waals surface area contributed by atoms with Crippen molar-refractivity contribution in [2.45, 2.75) is 169 Å². The molecule has 0 saturated carbocycles. The van der Waals surface area contributed by atoms with Crippen LogP contribution < -0.4 is 21.3 Å². The first-order chi connectivity index (χ1) is 22.7.